The minimum Gasteiger partial charge on any atom is -0.497 e. The predicted molar refractivity (Wildman–Crippen MR) is 146 cm³/mol. The number of hydrogen-bond acceptors (Lipinski definition) is 6. The van der Waals surface area contributed by atoms with Gasteiger partial charge in [-0.05, 0) is 91.4 Å². The second kappa shape index (κ2) is 12.4. The molecule has 0 saturated carbocycles. The molecule has 0 spiro atoms. The highest BCUT2D eigenvalue weighted by molar-refractivity contribution is 5.85. The molecule has 184 valence electrons. The molecule has 4 rings (SSSR count). The average molecular weight is 473 g/mol. The van der Waals surface area contributed by atoms with Crippen LogP contribution in [0.3, 0.4) is 0 Å². The molecule has 0 amide bonds. The van der Waals surface area contributed by atoms with Crippen LogP contribution in [0.5, 0.6) is 5.75 Å². The number of hydrogen-bond donors (Lipinski definition) is 0. The van der Waals surface area contributed by atoms with Crippen molar-refractivity contribution in [2.24, 2.45) is 10.2 Å². The van der Waals surface area contributed by atoms with Crippen molar-refractivity contribution in [3.63, 3.8) is 0 Å². The van der Waals surface area contributed by atoms with Crippen LogP contribution in [0.4, 0.5) is 5.69 Å². The van der Waals surface area contributed by atoms with Gasteiger partial charge in [-0.15, -0.1) is 0 Å². The summed E-state index contributed by atoms with van der Waals surface area (Å²) >= 11 is 0. The van der Waals surface area contributed by atoms with Crippen LogP contribution in [0.1, 0.15) is 37.8 Å². The summed E-state index contributed by atoms with van der Waals surface area (Å²) in [7, 11) is 1.67. The van der Waals surface area contributed by atoms with E-state index in [1.54, 1.807) is 13.3 Å². The molecule has 0 atom stereocenters. The van der Waals surface area contributed by atoms with Crippen LogP contribution in [0.15, 0.2) is 75.6 Å². The molecule has 2 aromatic carbocycles. The molecule has 1 aliphatic carbocycles. The standard InChI is InChI=1S/C29H36N4O2/c1-4-32(5-2)27-12-6-23(7-13-27)20-25-10-11-26(29(25)33-16-18-35-19-17-33)22-31-30-21-24-8-14-28(34-3)15-9-24/h6-9,12-15,20-22H,4-5,10-11,16-19H2,1-3H3/b25-20+,30-21+,31-22+. The van der Waals surface area contributed by atoms with Crippen LogP contribution >= 0.6 is 0 Å². The van der Waals surface area contributed by atoms with Gasteiger partial charge in [-0.2, -0.15) is 10.2 Å². The quantitative estimate of drug-likeness (QED) is 0.362. The summed E-state index contributed by atoms with van der Waals surface area (Å²) in [6.07, 6.45) is 8.01. The van der Waals surface area contributed by atoms with Crippen LogP contribution in [0, 0.1) is 0 Å². The van der Waals surface area contributed by atoms with Gasteiger partial charge in [-0.3, -0.25) is 0 Å². The van der Waals surface area contributed by atoms with Crippen molar-refractivity contribution in [1.82, 2.24) is 4.90 Å². The molecule has 0 aromatic heterocycles. The fourth-order valence-corrected chi connectivity index (χ4v) is 4.64. The molecule has 2 aliphatic rings. The van der Waals surface area contributed by atoms with E-state index in [4.69, 9.17) is 9.47 Å². The van der Waals surface area contributed by atoms with Gasteiger partial charge in [-0.1, -0.05) is 12.1 Å². The zero-order chi connectivity index (χ0) is 24.5. The number of allylic oxidation sites excluding steroid dienone is 2. The molecule has 0 unspecified atom stereocenters. The molecule has 6 nitrogen and oxygen atoms in total. The van der Waals surface area contributed by atoms with E-state index in [2.05, 4.69) is 64.2 Å². The summed E-state index contributed by atoms with van der Waals surface area (Å²) in [6.45, 7) is 9.75. The van der Waals surface area contributed by atoms with E-state index in [1.165, 1.54) is 28.1 Å². The first-order chi connectivity index (χ1) is 17.2. The fourth-order valence-electron chi connectivity index (χ4n) is 4.64. The van der Waals surface area contributed by atoms with Crippen LogP contribution in [0.25, 0.3) is 6.08 Å². The highest BCUT2D eigenvalue weighted by Crippen LogP contribution is 2.35. The van der Waals surface area contributed by atoms with Crippen LogP contribution in [-0.4, -0.2) is 63.8 Å². The Morgan fingerprint density at radius 1 is 0.886 bits per heavy atom. The number of rotatable bonds is 9. The molecule has 35 heavy (non-hydrogen) atoms. The predicted octanol–water partition coefficient (Wildman–Crippen LogP) is 5.41. The summed E-state index contributed by atoms with van der Waals surface area (Å²) in [5, 5.41) is 8.69. The normalized spacial score (nSPS) is 17.8. The molecule has 1 aliphatic heterocycles. The van der Waals surface area contributed by atoms with E-state index in [1.807, 2.05) is 30.5 Å². The van der Waals surface area contributed by atoms with Crippen LogP contribution in [-0.2, 0) is 4.74 Å². The minimum absolute atomic E-state index is 0.759. The Hall–Kier alpha value is -3.38. The largest absolute Gasteiger partial charge is 0.497 e. The minimum atomic E-state index is 0.759. The number of ether oxygens (including phenoxy) is 2. The summed E-state index contributed by atoms with van der Waals surface area (Å²) in [6, 6.07) is 16.7. The average Bonchev–Trinajstić information content (AvgIpc) is 3.31. The van der Waals surface area contributed by atoms with Crippen LogP contribution in [0.2, 0.25) is 0 Å². The monoisotopic (exact) mass is 472 g/mol. The maximum absolute atomic E-state index is 5.61. The Morgan fingerprint density at radius 3 is 2.20 bits per heavy atom. The number of nitrogens with zero attached hydrogens (tertiary/aromatic N) is 4. The highest BCUT2D eigenvalue weighted by atomic mass is 16.5. The van der Waals surface area contributed by atoms with Gasteiger partial charge < -0.3 is 19.3 Å². The van der Waals surface area contributed by atoms with Gasteiger partial charge in [-0.25, -0.2) is 0 Å². The third-order valence-electron chi connectivity index (χ3n) is 6.56. The Kier molecular flexibility index (Phi) is 8.74. The van der Waals surface area contributed by atoms with Crippen LogP contribution < -0.4 is 9.64 Å². The molecule has 6 heteroatoms. The molecular formula is C29H36N4O2. The van der Waals surface area contributed by atoms with Crippen molar-refractivity contribution in [1.29, 1.82) is 0 Å². The Bertz CT molecular complexity index is 1070. The van der Waals surface area contributed by atoms with Gasteiger partial charge in [0.15, 0.2) is 0 Å². The summed E-state index contributed by atoms with van der Waals surface area (Å²) in [5.74, 6) is 0.832. The number of methoxy groups -OCH3 is 1. The number of morpholine rings is 1. The van der Waals surface area contributed by atoms with E-state index in [0.29, 0.717) is 0 Å². The van der Waals surface area contributed by atoms with Gasteiger partial charge in [0.1, 0.15) is 5.75 Å². The van der Waals surface area contributed by atoms with Crippen molar-refractivity contribution >= 4 is 24.2 Å². The molecule has 0 bridgehead atoms. The van der Waals surface area contributed by atoms with Crippen molar-refractivity contribution < 1.29 is 9.47 Å². The second-order valence-corrected chi connectivity index (χ2v) is 8.67. The molecule has 2 aromatic rings. The zero-order valence-electron chi connectivity index (χ0n) is 21.1. The van der Waals surface area contributed by atoms with Gasteiger partial charge in [0.25, 0.3) is 0 Å². The smallest absolute Gasteiger partial charge is 0.118 e. The van der Waals surface area contributed by atoms with Crippen molar-refractivity contribution in [3.8, 4) is 5.75 Å². The van der Waals surface area contributed by atoms with E-state index < -0.39 is 0 Å². The Labute approximate surface area is 209 Å². The van der Waals surface area contributed by atoms with Crippen molar-refractivity contribution in [2.75, 3.05) is 51.4 Å². The zero-order valence-corrected chi connectivity index (χ0v) is 21.1. The second-order valence-electron chi connectivity index (χ2n) is 8.67. The van der Waals surface area contributed by atoms with E-state index in [9.17, 15) is 0 Å². The maximum atomic E-state index is 5.61. The maximum Gasteiger partial charge on any atom is 0.118 e. The highest BCUT2D eigenvalue weighted by Gasteiger charge is 2.25. The first kappa shape index (κ1) is 24.7. The first-order valence-electron chi connectivity index (χ1n) is 12.5. The molecule has 1 fully saturated rings. The third-order valence-corrected chi connectivity index (χ3v) is 6.56. The van der Waals surface area contributed by atoms with Crippen molar-refractivity contribution in [2.45, 2.75) is 26.7 Å². The lowest BCUT2D eigenvalue weighted by Crippen LogP contribution is -2.36. The lowest BCUT2D eigenvalue weighted by molar-refractivity contribution is 0.0548. The third kappa shape index (κ3) is 6.40. The Balaban J connectivity index is 1.55. The Morgan fingerprint density at radius 2 is 1.54 bits per heavy atom. The topological polar surface area (TPSA) is 49.7 Å². The SMILES string of the molecule is CCN(CC)c1ccc(/C=C2\CCC(/C=N/N=C/c3ccc(OC)cc3)=C2N2CCOCC2)cc1. The summed E-state index contributed by atoms with van der Waals surface area (Å²) in [5.41, 5.74) is 7.40. The van der Waals surface area contributed by atoms with Crippen molar-refractivity contribution in [3.05, 3.63) is 76.5 Å². The number of anilines is 1. The van der Waals surface area contributed by atoms with E-state index in [-0.39, 0.29) is 0 Å². The molecule has 1 saturated heterocycles. The first-order valence-corrected chi connectivity index (χ1v) is 12.5. The number of benzene rings is 2. The van der Waals surface area contributed by atoms with E-state index >= 15 is 0 Å². The summed E-state index contributed by atoms with van der Waals surface area (Å²) < 4.78 is 10.8. The lowest BCUT2D eigenvalue weighted by Gasteiger charge is -2.31. The van der Waals surface area contributed by atoms with E-state index in [0.717, 1.165) is 63.5 Å². The summed E-state index contributed by atoms with van der Waals surface area (Å²) in [4.78, 5) is 4.81. The molecule has 0 radical (unpaired) electrons. The van der Waals surface area contributed by atoms with Gasteiger partial charge >= 0.3 is 0 Å². The van der Waals surface area contributed by atoms with Gasteiger partial charge in [0.2, 0.25) is 0 Å². The molecule has 0 N–H and O–H groups in total. The fraction of sp³-hybridized carbons (Fsp3) is 0.379. The lowest BCUT2D eigenvalue weighted by atomic mass is 10.1. The van der Waals surface area contributed by atoms with Gasteiger partial charge in [0, 0.05) is 37.6 Å². The molecule has 1 heterocycles. The molecular weight excluding hydrogens is 436 g/mol. The van der Waals surface area contributed by atoms with Gasteiger partial charge in [0.05, 0.1) is 32.8 Å².